The van der Waals surface area contributed by atoms with Crippen LogP contribution in [0.2, 0.25) is 0 Å². The number of ether oxygens (including phenoxy) is 2. The third-order valence-corrected chi connectivity index (χ3v) is 6.39. The number of nitrogens with zero attached hydrogens (tertiary/aromatic N) is 1. The molecular weight excluding hydrogens is 405 g/mol. The van der Waals surface area contributed by atoms with Crippen molar-refractivity contribution in [2.24, 2.45) is 0 Å². The van der Waals surface area contributed by atoms with Gasteiger partial charge < -0.3 is 14.4 Å². The zero-order valence-corrected chi connectivity index (χ0v) is 19.4. The first-order valence-electron chi connectivity index (χ1n) is 11.7. The first kappa shape index (κ1) is 22.8. The van der Waals surface area contributed by atoms with Crippen LogP contribution >= 0.6 is 0 Å². The number of hydrogen-bond donors (Lipinski definition) is 0. The fourth-order valence-corrected chi connectivity index (χ4v) is 4.75. The van der Waals surface area contributed by atoms with E-state index in [0.717, 1.165) is 30.4 Å². The predicted octanol–water partition coefficient (Wildman–Crippen LogP) is 6.01. The molecule has 1 amide bonds. The number of amides is 1. The van der Waals surface area contributed by atoms with E-state index in [1.165, 1.54) is 36.1 Å². The van der Waals surface area contributed by atoms with Crippen LogP contribution in [0.1, 0.15) is 68.2 Å². The monoisotopic (exact) mass is 439 g/mol. The molecule has 0 aromatic heterocycles. The zero-order valence-electron chi connectivity index (χ0n) is 19.4. The fourth-order valence-electron chi connectivity index (χ4n) is 4.75. The van der Waals surface area contributed by atoms with E-state index in [0.29, 0.717) is 19.7 Å². The number of carbonyl (C=O) groups is 1. The third-order valence-electron chi connectivity index (χ3n) is 6.39. The minimum Gasteiger partial charge on any atom is -0.444 e. The molecule has 4 nitrogen and oxygen atoms in total. The van der Waals surface area contributed by atoms with Gasteiger partial charge in [0, 0.05) is 12.5 Å². The van der Waals surface area contributed by atoms with Crippen LogP contribution in [-0.2, 0) is 28.9 Å². The Labute approximate surface area is 190 Å². The topological polar surface area (TPSA) is 38.8 Å². The van der Waals surface area contributed by atoms with E-state index in [-0.39, 0.29) is 23.9 Å². The summed E-state index contributed by atoms with van der Waals surface area (Å²) in [6.07, 6.45) is 5.07. The van der Waals surface area contributed by atoms with Gasteiger partial charge in [-0.1, -0.05) is 30.3 Å². The predicted molar refractivity (Wildman–Crippen MR) is 123 cm³/mol. The molecular formula is C27H34FNO3. The van der Waals surface area contributed by atoms with Gasteiger partial charge in [-0.25, -0.2) is 9.18 Å². The number of benzene rings is 2. The molecule has 172 valence electrons. The van der Waals surface area contributed by atoms with Crippen LogP contribution in [0.25, 0.3) is 0 Å². The molecule has 1 aliphatic carbocycles. The van der Waals surface area contributed by atoms with E-state index in [4.69, 9.17) is 9.47 Å². The van der Waals surface area contributed by atoms with Crippen molar-refractivity contribution in [1.29, 1.82) is 0 Å². The number of fused-ring (bicyclic) bond motifs is 1. The molecule has 5 heteroatoms. The molecule has 0 spiro atoms. The average molecular weight is 440 g/mol. The van der Waals surface area contributed by atoms with Gasteiger partial charge in [0.05, 0.1) is 19.3 Å². The van der Waals surface area contributed by atoms with Crippen molar-refractivity contribution < 1.29 is 18.7 Å². The van der Waals surface area contributed by atoms with Crippen molar-refractivity contribution in [2.45, 2.75) is 77.1 Å². The third kappa shape index (κ3) is 5.69. The van der Waals surface area contributed by atoms with Crippen molar-refractivity contribution in [3.05, 3.63) is 70.5 Å². The van der Waals surface area contributed by atoms with Crippen LogP contribution in [0.3, 0.4) is 0 Å². The van der Waals surface area contributed by atoms with E-state index < -0.39 is 5.60 Å². The summed E-state index contributed by atoms with van der Waals surface area (Å²) in [5.74, 6) is -0.140. The van der Waals surface area contributed by atoms with Crippen LogP contribution in [-0.4, -0.2) is 35.8 Å². The number of hydrogen-bond acceptors (Lipinski definition) is 3. The van der Waals surface area contributed by atoms with E-state index in [1.54, 1.807) is 4.90 Å². The Kier molecular flexibility index (Phi) is 6.85. The van der Waals surface area contributed by atoms with Gasteiger partial charge in [-0.15, -0.1) is 0 Å². The van der Waals surface area contributed by atoms with Crippen molar-refractivity contribution in [2.75, 3.05) is 13.1 Å². The van der Waals surface area contributed by atoms with Gasteiger partial charge >= 0.3 is 6.09 Å². The molecule has 0 N–H and O–H groups in total. The molecule has 2 aromatic carbocycles. The largest absolute Gasteiger partial charge is 0.444 e. The van der Waals surface area contributed by atoms with Crippen LogP contribution in [0, 0.1) is 5.82 Å². The Hall–Kier alpha value is -2.40. The molecule has 2 unspecified atom stereocenters. The summed E-state index contributed by atoms with van der Waals surface area (Å²) in [4.78, 5) is 14.4. The van der Waals surface area contributed by atoms with Crippen LogP contribution in [0.5, 0.6) is 0 Å². The Morgan fingerprint density at radius 3 is 2.50 bits per heavy atom. The molecule has 32 heavy (non-hydrogen) atoms. The quantitative estimate of drug-likeness (QED) is 0.585. The SMILES string of the molecule is CC(C)(C)OC(=O)N1CCC(c2ccc(F)cc2)C(OCc2ccc3c(c2)CCCC3)C1. The standard InChI is InChI=1S/C27H34FNO3/c1-27(2,3)32-26(30)29-15-14-24(21-10-12-23(28)13-11-21)25(17-29)31-18-19-8-9-20-6-4-5-7-22(20)16-19/h8-13,16,24-25H,4-7,14-15,17-18H2,1-3H3. The van der Waals surface area contributed by atoms with Gasteiger partial charge in [-0.3, -0.25) is 0 Å². The highest BCUT2D eigenvalue weighted by Gasteiger charge is 2.35. The summed E-state index contributed by atoms with van der Waals surface area (Å²) < 4.78 is 25.5. The second kappa shape index (κ2) is 9.62. The number of rotatable bonds is 4. The van der Waals surface area contributed by atoms with Crippen LogP contribution < -0.4 is 0 Å². The normalized spacial score (nSPS) is 21.2. The van der Waals surface area contributed by atoms with E-state index in [1.807, 2.05) is 32.9 Å². The van der Waals surface area contributed by atoms with Crippen molar-refractivity contribution >= 4 is 6.09 Å². The molecule has 0 saturated carbocycles. The Morgan fingerprint density at radius 2 is 1.78 bits per heavy atom. The minimum atomic E-state index is -0.537. The van der Waals surface area contributed by atoms with E-state index in [2.05, 4.69) is 18.2 Å². The van der Waals surface area contributed by atoms with Gasteiger partial charge in [-0.2, -0.15) is 0 Å². The molecule has 1 fully saturated rings. The zero-order chi connectivity index (χ0) is 22.7. The summed E-state index contributed by atoms with van der Waals surface area (Å²) >= 11 is 0. The summed E-state index contributed by atoms with van der Waals surface area (Å²) in [5, 5.41) is 0. The lowest BCUT2D eigenvalue weighted by atomic mass is 9.87. The summed E-state index contributed by atoms with van der Waals surface area (Å²) in [7, 11) is 0. The summed E-state index contributed by atoms with van der Waals surface area (Å²) in [6, 6.07) is 13.3. The number of aryl methyl sites for hydroxylation is 2. The summed E-state index contributed by atoms with van der Waals surface area (Å²) in [5.41, 5.74) is 4.57. The molecule has 2 aromatic rings. The molecule has 4 rings (SSSR count). The summed E-state index contributed by atoms with van der Waals surface area (Å²) in [6.45, 7) is 7.18. The highest BCUT2D eigenvalue weighted by Crippen LogP contribution is 2.32. The average Bonchev–Trinajstić information content (AvgIpc) is 2.77. The maximum absolute atomic E-state index is 13.5. The first-order valence-corrected chi connectivity index (χ1v) is 11.7. The van der Waals surface area contributed by atoms with Crippen LogP contribution in [0.4, 0.5) is 9.18 Å². The lowest BCUT2D eigenvalue weighted by Gasteiger charge is -2.39. The van der Waals surface area contributed by atoms with Crippen molar-refractivity contribution in [3.63, 3.8) is 0 Å². The molecule has 1 heterocycles. The smallest absolute Gasteiger partial charge is 0.410 e. The maximum atomic E-state index is 13.5. The first-order chi connectivity index (χ1) is 15.3. The fraction of sp³-hybridized carbons (Fsp3) is 0.519. The molecule has 0 radical (unpaired) electrons. The van der Waals surface area contributed by atoms with Gasteiger partial charge in [0.1, 0.15) is 11.4 Å². The van der Waals surface area contributed by atoms with Gasteiger partial charge in [0.2, 0.25) is 0 Å². The molecule has 2 atom stereocenters. The Morgan fingerprint density at radius 1 is 1.06 bits per heavy atom. The van der Waals surface area contributed by atoms with Crippen molar-refractivity contribution in [3.8, 4) is 0 Å². The highest BCUT2D eigenvalue weighted by atomic mass is 19.1. The number of likely N-dealkylation sites (tertiary alicyclic amines) is 1. The van der Waals surface area contributed by atoms with Crippen molar-refractivity contribution in [1.82, 2.24) is 4.90 Å². The maximum Gasteiger partial charge on any atom is 0.410 e. The molecule has 0 bridgehead atoms. The van der Waals surface area contributed by atoms with Gasteiger partial charge in [0.15, 0.2) is 0 Å². The number of halogens is 1. The lowest BCUT2D eigenvalue weighted by Crippen LogP contribution is -2.48. The van der Waals surface area contributed by atoms with E-state index in [9.17, 15) is 9.18 Å². The second-order valence-electron chi connectivity index (χ2n) is 10.0. The lowest BCUT2D eigenvalue weighted by molar-refractivity contribution is -0.0360. The molecule has 2 aliphatic rings. The molecule has 1 saturated heterocycles. The number of carbonyl (C=O) groups excluding carboxylic acids is 1. The second-order valence-corrected chi connectivity index (χ2v) is 10.0. The number of piperidine rings is 1. The van der Waals surface area contributed by atoms with Gasteiger partial charge in [-0.05, 0) is 87.3 Å². The van der Waals surface area contributed by atoms with E-state index >= 15 is 0 Å². The van der Waals surface area contributed by atoms with Gasteiger partial charge in [0.25, 0.3) is 0 Å². The highest BCUT2D eigenvalue weighted by molar-refractivity contribution is 5.68. The Bertz CT molecular complexity index is 935. The Balaban J connectivity index is 1.49. The minimum absolute atomic E-state index is 0.104. The molecule has 1 aliphatic heterocycles. The van der Waals surface area contributed by atoms with Crippen LogP contribution in [0.15, 0.2) is 42.5 Å².